The first kappa shape index (κ1) is 13.3. The number of carbonyl (C=O) groups excluding carboxylic acids is 1. The fourth-order valence-corrected chi connectivity index (χ4v) is 2.27. The molecule has 19 heavy (non-hydrogen) atoms. The van der Waals surface area contributed by atoms with Crippen molar-refractivity contribution in [1.82, 2.24) is 4.90 Å². The zero-order valence-electron chi connectivity index (χ0n) is 11.4. The summed E-state index contributed by atoms with van der Waals surface area (Å²) in [6.07, 6.45) is 1.12. The van der Waals surface area contributed by atoms with E-state index in [1.54, 1.807) is 11.8 Å². The number of allylic oxidation sites excluding steroid dienone is 1. The minimum atomic E-state index is 0.117. The molecule has 100 valence electrons. The van der Waals surface area contributed by atoms with Gasteiger partial charge in [0.15, 0.2) is 0 Å². The fraction of sp³-hybridized carbons (Fsp3) is 0.333. The number of anilines is 1. The molecular formula is C15H19N3O. The van der Waals surface area contributed by atoms with E-state index in [1.165, 1.54) is 0 Å². The van der Waals surface area contributed by atoms with Crippen molar-refractivity contribution < 1.29 is 4.79 Å². The van der Waals surface area contributed by atoms with Crippen LogP contribution in [0.5, 0.6) is 0 Å². The van der Waals surface area contributed by atoms with E-state index < -0.39 is 0 Å². The molecule has 1 amide bonds. The molecule has 1 aromatic carbocycles. The van der Waals surface area contributed by atoms with Crippen molar-refractivity contribution in [2.45, 2.75) is 26.7 Å². The number of hydrogen-bond acceptors (Lipinski definition) is 3. The van der Waals surface area contributed by atoms with Gasteiger partial charge in [0, 0.05) is 29.9 Å². The summed E-state index contributed by atoms with van der Waals surface area (Å²) < 4.78 is 0. The summed E-state index contributed by atoms with van der Waals surface area (Å²) in [7, 11) is 0. The molecule has 1 aliphatic heterocycles. The van der Waals surface area contributed by atoms with Gasteiger partial charge in [-0.3, -0.25) is 9.69 Å². The highest BCUT2D eigenvalue weighted by Gasteiger charge is 2.26. The second kappa shape index (κ2) is 5.69. The van der Waals surface area contributed by atoms with Crippen LogP contribution in [-0.2, 0) is 4.79 Å². The second-order valence-corrected chi connectivity index (χ2v) is 4.58. The number of benzene rings is 1. The second-order valence-electron chi connectivity index (χ2n) is 4.58. The minimum Gasteiger partial charge on any atom is -0.341 e. The lowest BCUT2D eigenvalue weighted by atomic mass is 10.0. The van der Waals surface area contributed by atoms with Crippen LogP contribution >= 0.6 is 0 Å². The van der Waals surface area contributed by atoms with Crippen molar-refractivity contribution in [2.75, 3.05) is 11.9 Å². The lowest BCUT2D eigenvalue weighted by Crippen LogP contribution is -2.38. The van der Waals surface area contributed by atoms with Gasteiger partial charge in [0.25, 0.3) is 0 Å². The highest BCUT2D eigenvalue weighted by Crippen LogP contribution is 2.25. The topological polar surface area (TPSA) is 56.2 Å². The van der Waals surface area contributed by atoms with Crippen LogP contribution < -0.4 is 5.32 Å². The van der Waals surface area contributed by atoms with Gasteiger partial charge in [0.1, 0.15) is 5.82 Å². The highest BCUT2D eigenvalue weighted by molar-refractivity contribution is 5.99. The first-order valence-electron chi connectivity index (χ1n) is 6.54. The first-order chi connectivity index (χ1) is 9.13. The summed E-state index contributed by atoms with van der Waals surface area (Å²) >= 11 is 0. The SMILES string of the molecule is CCN1C(=O)CCC(C(C)=N)=C1Nc1ccccc1. The monoisotopic (exact) mass is 257 g/mol. The third kappa shape index (κ3) is 2.84. The molecule has 0 aliphatic carbocycles. The van der Waals surface area contributed by atoms with Crippen LogP contribution in [0.4, 0.5) is 5.69 Å². The van der Waals surface area contributed by atoms with Gasteiger partial charge >= 0.3 is 0 Å². The lowest BCUT2D eigenvalue weighted by Gasteiger charge is -2.31. The van der Waals surface area contributed by atoms with E-state index in [0.717, 1.165) is 17.1 Å². The Morgan fingerprint density at radius 1 is 1.32 bits per heavy atom. The molecule has 2 rings (SSSR count). The summed E-state index contributed by atoms with van der Waals surface area (Å²) in [5, 5.41) is 11.2. The van der Waals surface area contributed by atoms with Crippen LogP contribution in [0, 0.1) is 5.41 Å². The fourth-order valence-electron chi connectivity index (χ4n) is 2.27. The average molecular weight is 257 g/mol. The van der Waals surface area contributed by atoms with Crippen LogP contribution in [0.15, 0.2) is 41.7 Å². The average Bonchev–Trinajstić information content (AvgIpc) is 2.40. The highest BCUT2D eigenvalue weighted by atomic mass is 16.2. The maximum absolute atomic E-state index is 12.0. The van der Waals surface area contributed by atoms with Gasteiger partial charge < -0.3 is 10.7 Å². The normalized spacial score (nSPS) is 15.7. The summed E-state index contributed by atoms with van der Waals surface area (Å²) in [4.78, 5) is 13.7. The molecule has 0 saturated carbocycles. The number of nitrogens with zero attached hydrogens (tertiary/aromatic N) is 1. The zero-order chi connectivity index (χ0) is 13.8. The Hall–Kier alpha value is -2.10. The van der Waals surface area contributed by atoms with Gasteiger partial charge in [0.05, 0.1) is 0 Å². The van der Waals surface area contributed by atoms with Gasteiger partial charge in [-0.05, 0) is 32.4 Å². The Bertz CT molecular complexity index is 519. The molecular weight excluding hydrogens is 238 g/mol. The van der Waals surface area contributed by atoms with E-state index in [9.17, 15) is 4.79 Å². The Balaban J connectivity index is 2.38. The molecule has 0 unspecified atom stereocenters. The summed E-state index contributed by atoms with van der Waals surface area (Å²) in [6.45, 7) is 4.34. The summed E-state index contributed by atoms with van der Waals surface area (Å²) in [6, 6.07) is 9.75. The predicted molar refractivity (Wildman–Crippen MR) is 77.1 cm³/mol. The van der Waals surface area contributed by atoms with Crippen molar-refractivity contribution in [3.05, 3.63) is 41.7 Å². The molecule has 2 N–H and O–H groups in total. The minimum absolute atomic E-state index is 0.117. The van der Waals surface area contributed by atoms with Crippen molar-refractivity contribution >= 4 is 17.3 Å². The van der Waals surface area contributed by atoms with Crippen molar-refractivity contribution in [3.8, 4) is 0 Å². The molecule has 1 aromatic rings. The number of rotatable bonds is 4. The van der Waals surface area contributed by atoms with E-state index in [0.29, 0.717) is 25.1 Å². The zero-order valence-corrected chi connectivity index (χ0v) is 11.4. The van der Waals surface area contributed by atoms with E-state index in [2.05, 4.69) is 5.32 Å². The lowest BCUT2D eigenvalue weighted by molar-refractivity contribution is -0.129. The molecule has 0 bridgehead atoms. The quantitative estimate of drug-likeness (QED) is 0.815. The van der Waals surface area contributed by atoms with Crippen molar-refractivity contribution in [3.63, 3.8) is 0 Å². The van der Waals surface area contributed by atoms with Crippen LogP contribution in [-0.4, -0.2) is 23.1 Å². The molecule has 4 heteroatoms. The molecule has 0 spiro atoms. The molecule has 0 atom stereocenters. The van der Waals surface area contributed by atoms with Crippen molar-refractivity contribution in [2.24, 2.45) is 0 Å². The molecule has 4 nitrogen and oxygen atoms in total. The smallest absolute Gasteiger partial charge is 0.228 e. The summed E-state index contributed by atoms with van der Waals surface area (Å²) in [5.74, 6) is 0.878. The number of amides is 1. The third-order valence-corrected chi connectivity index (χ3v) is 3.25. The number of para-hydroxylation sites is 1. The number of carbonyl (C=O) groups is 1. The maximum Gasteiger partial charge on any atom is 0.228 e. The standard InChI is InChI=1S/C15H19N3O/c1-3-18-14(19)10-9-13(11(2)16)15(18)17-12-7-5-4-6-8-12/h4-8,16-17H,3,9-10H2,1-2H3. The van der Waals surface area contributed by atoms with Crippen molar-refractivity contribution in [1.29, 1.82) is 5.41 Å². The van der Waals surface area contributed by atoms with E-state index in [1.807, 2.05) is 37.3 Å². The van der Waals surface area contributed by atoms with Gasteiger partial charge in [-0.2, -0.15) is 0 Å². The first-order valence-corrected chi connectivity index (χ1v) is 6.54. The third-order valence-electron chi connectivity index (χ3n) is 3.25. The van der Waals surface area contributed by atoms with E-state index >= 15 is 0 Å². The van der Waals surface area contributed by atoms with Gasteiger partial charge in [0.2, 0.25) is 5.91 Å². The summed E-state index contributed by atoms with van der Waals surface area (Å²) in [5.41, 5.74) is 2.37. The Kier molecular flexibility index (Phi) is 4.00. The van der Waals surface area contributed by atoms with E-state index in [-0.39, 0.29) is 5.91 Å². The Morgan fingerprint density at radius 3 is 2.58 bits per heavy atom. The Morgan fingerprint density at radius 2 is 2.00 bits per heavy atom. The molecule has 0 radical (unpaired) electrons. The van der Waals surface area contributed by atoms with Crippen LogP contribution in [0.3, 0.4) is 0 Å². The predicted octanol–water partition coefficient (Wildman–Crippen LogP) is 2.99. The van der Waals surface area contributed by atoms with Gasteiger partial charge in [-0.15, -0.1) is 0 Å². The molecule has 0 fully saturated rings. The van der Waals surface area contributed by atoms with Crippen LogP contribution in [0.1, 0.15) is 26.7 Å². The van der Waals surface area contributed by atoms with Crippen LogP contribution in [0.2, 0.25) is 0 Å². The molecule has 1 aliphatic rings. The van der Waals surface area contributed by atoms with E-state index in [4.69, 9.17) is 5.41 Å². The van der Waals surface area contributed by atoms with Crippen LogP contribution in [0.25, 0.3) is 0 Å². The molecule has 1 heterocycles. The van der Waals surface area contributed by atoms with Gasteiger partial charge in [-0.1, -0.05) is 18.2 Å². The molecule has 0 aromatic heterocycles. The number of nitrogens with one attached hydrogen (secondary N) is 2. The Labute approximate surface area is 113 Å². The molecule has 0 saturated heterocycles. The maximum atomic E-state index is 12.0. The largest absolute Gasteiger partial charge is 0.341 e. The van der Waals surface area contributed by atoms with Gasteiger partial charge in [-0.25, -0.2) is 0 Å². The number of hydrogen-bond donors (Lipinski definition) is 2.